The van der Waals surface area contributed by atoms with Crippen molar-refractivity contribution in [2.45, 2.75) is 0 Å². The predicted molar refractivity (Wildman–Crippen MR) is 37.0 cm³/mol. The molecule has 0 atom stereocenters. The molecule has 1 heterocycles. The van der Waals surface area contributed by atoms with Gasteiger partial charge in [-0.2, -0.15) is 4.99 Å². The number of aromatic nitrogens is 1. The summed E-state index contributed by atoms with van der Waals surface area (Å²) in [7, 11) is 0. The average Bonchev–Trinajstić information content (AvgIpc) is 1.98. The molecule has 0 N–H and O–H groups in total. The molecule has 5 heteroatoms. The third-order valence-electron chi connectivity index (χ3n) is 0.957. The lowest BCUT2D eigenvalue weighted by molar-refractivity contribution is 0.565. The summed E-state index contributed by atoms with van der Waals surface area (Å²) in [6, 6.07) is 1.00. The van der Waals surface area contributed by atoms with E-state index in [4.69, 9.17) is 11.6 Å². The van der Waals surface area contributed by atoms with E-state index in [1.807, 2.05) is 0 Å². The molecule has 11 heavy (non-hydrogen) atoms. The first-order chi connectivity index (χ1) is 5.24. The Labute approximate surface area is 66.5 Å². The maximum absolute atomic E-state index is 12.5. The Bertz CT molecular complexity index is 322. The van der Waals surface area contributed by atoms with Crippen LogP contribution in [0, 0.1) is 5.82 Å². The average molecular weight is 173 g/mol. The maximum atomic E-state index is 12.5. The summed E-state index contributed by atoms with van der Waals surface area (Å²) in [5, 5.41) is -0.241. The van der Waals surface area contributed by atoms with E-state index < -0.39 is 5.82 Å². The van der Waals surface area contributed by atoms with Gasteiger partial charge >= 0.3 is 0 Å². The van der Waals surface area contributed by atoms with Crippen LogP contribution in [0.5, 0.6) is 0 Å². The Balaban J connectivity index is 3.14. The van der Waals surface area contributed by atoms with Crippen molar-refractivity contribution in [1.29, 1.82) is 0 Å². The summed E-state index contributed by atoms with van der Waals surface area (Å²) in [5.74, 6) is -0.705. The lowest BCUT2D eigenvalue weighted by Gasteiger charge is -1.91. The fourth-order valence-electron chi connectivity index (χ4n) is 0.525. The zero-order valence-electron chi connectivity index (χ0n) is 5.21. The molecule has 0 aliphatic carbocycles. The third kappa shape index (κ3) is 1.83. The first-order valence-electron chi connectivity index (χ1n) is 2.63. The van der Waals surface area contributed by atoms with Crippen LogP contribution in [0.1, 0.15) is 0 Å². The molecular weight excluding hydrogens is 171 g/mol. The van der Waals surface area contributed by atoms with Gasteiger partial charge in [0.25, 0.3) is 0 Å². The Hall–Kier alpha value is -1.25. The van der Waals surface area contributed by atoms with Gasteiger partial charge in [-0.15, -0.1) is 0 Å². The van der Waals surface area contributed by atoms with E-state index >= 15 is 0 Å². The van der Waals surface area contributed by atoms with Crippen molar-refractivity contribution in [3.8, 4) is 0 Å². The molecule has 0 aromatic carbocycles. The minimum atomic E-state index is -0.705. The molecule has 0 aliphatic heterocycles. The van der Waals surface area contributed by atoms with Crippen LogP contribution in [0.4, 0.5) is 10.1 Å². The molecule has 0 amide bonds. The molecular formula is C6H2ClFN2O. The van der Waals surface area contributed by atoms with Gasteiger partial charge in [0.15, 0.2) is 11.0 Å². The highest BCUT2D eigenvalue weighted by molar-refractivity contribution is 6.29. The van der Waals surface area contributed by atoms with Crippen molar-refractivity contribution in [3.63, 3.8) is 0 Å². The highest BCUT2D eigenvalue weighted by atomic mass is 35.5. The summed E-state index contributed by atoms with van der Waals surface area (Å²) < 4.78 is 12.5. The van der Waals surface area contributed by atoms with Crippen LogP contribution in [-0.2, 0) is 4.79 Å². The van der Waals surface area contributed by atoms with Crippen molar-refractivity contribution in [2.75, 3.05) is 0 Å². The fraction of sp³-hybridized carbons (Fsp3) is 0. The van der Waals surface area contributed by atoms with Crippen molar-refractivity contribution in [3.05, 3.63) is 23.2 Å². The Morgan fingerprint density at radius 1 is 1.73 bits per heavy atom. The number of aliphatic imine (C=N–C) groups is 1. The second-order valence-electron chi connectivity index (χ2n) is 1.67. The van der Waals surface area contributed by atoms with E-state index in [1.54, 1.807) is 0 Å². The molecule has 0 fully saturated rings. The van der Waals surface area contributed by atoms with Crippen LogP contribution in [0.2, 0.25) is 5.15 Å². The molecule has 0 radical (unpaired) electrons. The molecule has 0 spiro atoms. The van der Waals surface area contributed by atoms with Gasteiger partial charge in [-0.1, -0.05) is 11.6 Å². The van der Waals surface area contributed by atoms with E-state index in [0.29, 0.717) is 0 Å². The fourth-order valence-corrected chi connectivity index (χ4v) is 0.628. The summed E-state index contributed by atoms with van der Waals surface area (Å²) in [6.07, 6.45) is 2.43. The van der Waals surface area contributed by atoms with E-state index in [1.165, 1.54) is 12.3 Å². The molecule has 0 unspecified atom stereocenters. The van der Waals surface area contributed by atoms with Gasteiger partial charge in [-0.05, 0) is 0 Å². The summed E-state index contributed by atoms with van der Waals surface area (Å²) in [6.45, 7) is 0. The van der Waals surface area contributed by atoms with Crippen molar-refractivity contribution < 1.29 is 9.18 Å². The molecule has 0 saturated carbocycles. The van der Waals surface area contributed by atoms with E-state index in [9.17, 15) is 9.18 Å². The van der Waals surface area contributed by atoms with Crippen molar-refractivity contribution in [1.82, 2.24) is 4.98 Å². The zero-order chi connectivity index (χ0) is 8.27. The molecule has 0 bridgehead atoms. The Kier molecular flexibility index (Phi) is 2.31. The van der Waals surface area contributed by atoms with Crippen LogP contribution in [0.3, 0.4) is 0 Å². The van der Waals surface area contributed by atoms with Crippen LogP contribution < -0.4 is 0 Å². The smallest absolute Gasteiger partial charge is 0.239 e. The van der Waals surface area contributed by atoms with Gasteiger partial charge in [-0.3, -0.25) is 0 Å². The number of halogens is 2. The molecule has 0 saturated heterocycles. The topological polar surface area (TPSA) is 42.3 Å². The Morgan fingerprint density at radius 2 is 2.45 bits per heavy atom. The maximum Gasteiger partial charge on any atom is 0.240 e. The monoisotopic (exact) mass is 172 g/mol. The number of nitrogens with zero attached hydrogens (tertiary/aromatic N) is 2. The second kappa shape index (κ2) is 3.23. The summed E-state index contributed by atoms with van der Waals surface area (Å²) in [5.41, 5.74) is 0.0990. The van der Waals surface area contributed by atoms with Crippen molar-refractivity contribution >= 4 is 23.4 Å². The van der Waals surface area contributed by atoms with E-state index in [0.717, 1.165) is 6.07 Å². The second-order valence-corrected chi connectivity index (χ2v) is 2.03. The van der Waals surface area contributed by atoms with Gasteiger partial charge in [0, 0.05) is 6.07 Å². The van der Waals surface area contributed by atoms with E-state index in [-0.39, 0.29) is 10.8 Å². The molecule has 56 valence electrons. The molecule has 1 aromatic rings. The number of rotatable bonds is 1. The normalized spacial score (nSPS) is 8.91. The number of pyridine rings is 1. The Morgan fingerprint density at radius 3 is 3.00 bits per heavy atom. The highest BCUT2D eigenvalue weighted by Crippen LogP contribution is 2.16. The predicted octanol–water partition coefficient (Wildman–Crippen LogP) is 1.84. The van der Waals surface area contributed by atoms with Gasteiger partial charge in [0.2, 0.25) is 6.08 Å². The van der Waals surface area contributed by atoms with Gasteiger partial charge < -0.3 is 0 Å². The summed E-state index contributed by atoms with van der Waals surface area (Å²) in [4.78, 5) is 16.3. The minimum absolute atomic E-state index is 0.0990. The quantitative estimate of drug-likeness (QED) is 0.369. The lowest BCUT2D eigenvalue weighted by Crippen LogP contribution is -1.79. The highest BCUT2D eigenvalue weighted by Gasteiger charge is 2.00. The van der Waals surface area contributed by atoms with Gasteiger partial charge in [0.05, 0.1) is 11.9 Å². The third-order valence-corrected chi connectivity index (χ3v) is 1.23. The lowest BCUT2D eigenvalue weighted by atomic mass is 10.4. The van der Waals surface area contributed by atoms with Gasteiger partial charge in [-0.25, -0.2) is 14.2 Å². The van der Waals surface area contributed by atoms with Crippen LogP contribution in [-0.4, -0.2) is 11.1 Å². The zero-order valence-corrected chi connectivity index (χ0v) is 5.97. The minimum Gasteiger partial charge on any atom is -0.239 e. The van der Waals surface area contributed by atoms with Crippen LogP contribution >= 0.6 is 11.6 Å². The van der Waals surface area contributed by atoms with Crippen LogP contribution in [0.25, 0.3) is 0 Å². The summed E-state index contributed by atoms with van der Waals surface area (Å²) >= 11 is 5.25. The van der Waals surface area contributed by atoms with E-state index in [2.05, 4.69) is 9.98 Å². The number of carbonyl (C=O) groups excluding carboxylic acids is 1. The number of hydrogen-bond donors (Lipinski definition) is 0. The largest absolute Gasteiger partial charge is 0.240 e. The van der Waals surface area contributed by atoms with Crippen LogP contribution in [0.15, 0.2) is 17.3 Å². The SMILES string of the molecule is O=C=Nc1cnc(Cl)c(F)c1. The molecule has 0 aliphatic rings. The van der Waals surface area contributed by atoms with Gasteiger partial charge in [0.1, 0.15) is 0 Å². The first kappa shape index (κ1) is 7.85. The first-order valence-corrected chi connectivity index (χ1v) is 3.01. The van der Waals surface area contributed by atoms with Crippen molar-refractivity contribution in [2.24, 2.45) is 4.99 Å². The number of hydrogen-bond acceptors (Lipinski definition) is 3. The molecule has 1 aromatic heterocycles. The molecule has 1 rings (SSSR count). The standard InChI is InChI=1S/C6H2ClFN2O/c7-6-5(8)1-4(2-9-6)10-3-11/h1-2H. The number of isocyanates is 1. The molecule has 3 nitrogen and oxygen atoms in total.